The Morgan fingerprint density at radius 1 is 0.933 bits per heavy atom. The zero-order valence-electron chi connectivity index (χ0n) is 17.7. The molecule has 9 nitrogen and oxygen atoms in total. The topological polar surface area (TPSA) is 109 Å². The summed E-state index contributed by atoms with van der Waals surface area (Å²) in [5.41, 5.74) is 0.985. The number of anilines is 1. The van der Waals surface area contributed by atoms with Gasteiger partial charge in [-0.2, -0.15) is 0 Å². The molecule has 0 spiro atoms. The summed E-state index contributed by atoms with van der Waals surface area (Å²) in [6, 6.07) is 5.09. The predicted octanol–water partition coefficient (Wildman–Crippen LogP) is 4.39. The highest BCUT2D eigenvalue weighted by Crippen LogP contribution is 2.41. The molecule has 3 aromatic rings. The van der Waals surface area contributed by atoms with Crippen LogP contribution in [0.5, 0.6) is 17.2 Å². The van der Waals surface area contributed by atoms with Crippen LogP contribution in [-0.2, 0) is 0 Å². The van der Waals surface area contributed by atoms with Gasteiger partial charge in [-0.05, 0) is 52.8 Å². The van der Waals surface area contributed by atoms with E-state index in [0.717, 1.165) is 0 Å². The summed E-state index contributed by atoms with van der Waals surface area (Å²) in [4.78, 5) is 12.4. The molecule has 30 heavy (non-hydrogen) atoms. The third-order valence-corrected chi connectivity index (χ3v) is 4.09. The number of nitrogens with one attached hydrogen (secondary N) is 1. The molecule has 0 bridgehead atoms. The van der Waals surface area contributed by atoms with Gasteiger partial charge in [-0.25, -0.2) is 0 Å². The molecular formula is C21H25N3O6. The Morgan fingerprint density at radius 3 is 2.10 bits per heavy atom. The van der Waals surface area contributed by atoms with Crippen LogP contribution >= 0.6 is 0 Å². The smallest absolute Gasteiger partial charge is 0.322 e. The summed E-state index contributed by atoms with van der Waals surface area (Å²) in [5.74, 6) is 2.50. The van der Waals surface area contributed by atoms with Gasteiger partial charge in [0, 0.05) is 5.56 Å². The van der Waals surface area contributed by atoms with Gasteiger partial charge in [0.2, 0.25) is 11.6 Å². The number of aromatic nitrogens is 2. The van der Waals surface area contributed by atoms with Gasteiger partial charge in [0.05, 0.1) is 25.4 Å². The lowest BCUT2D eigenvalue weighted by molar-refractivity contribution is 0.102. The van der Waals surface area contributed by atoms with Crippen LogP contribution in [0.1, 0.15) is 42.6 Å². The summed E-state index contributed by atoms with van der Waals surface area (Å²) >= 11 is 0. The monoisotopic (exact) mass is 415 g/mol. The van der Waals surface area contributed by atoms with E-state index in [1.165, 1.54) is 0 Å². The van der Waals surface area contributed by atoms with Gasteiger partial charge in [-0.1, -0.05) is 5.10 Å². The molecule has 1 amide bonds. The number of aryl methyl sites for hydroxylation is 2. The fourth-order valence-corrected chi connectivity index (χ4v) is 2.92. The highest BCUT2D eigenvalue weighted by molar-refractivity contribution is 6.03. The third-order valence-electron chi connectivity index (χ3n) is 4.09. The van der Waals surface area contributed by atoms with E-state index >= 15 is 0 Å². The number of hydrogen-bond donors (Lipinski definition) is 1. The first kappa shape index (κ1) is 21.2. The molecule has 1 aromatic carbocycles. The Bertz CT molecular complexity index is 997. The minimum atomic E-state index is -0.392. The van der Waals surface area contributed by atoms with Crippen molar-refractivity contribution in [3.05, 3.63) is 35.3 Å². The predicted molar refractivity (Wildman–Crippen MR) is 109 cm³/mol. The van der Waals surface area contributed by atoms with E-state index in [2.05, 4.69) is 15.5 Å². The van der Waals surface area contributed by atoms with Crippen LogP contribution in [0.15, 0.2) is 27.0 Å². The van der Waals surface area contributed by atoms with E-state index in [1.54, 1.807) is 32.0 Å². The first-order chi connectivity index (χ1) is 14.5. The summed E-state index contributed by atoms with van der Waals surface area (Å²) in [5, 5.41) is 10.5. The molecule has 160 valence electrons. The average Bonchev–Trinajstić information content (AvgIpc) is 3.30. The van der Waals surface area contributed by atoms with Crippen LogP contribution in [-0.4, -0.2) is 35.9 Å². The van der Waals surface area contributed by atoms with E-state index in [4.69, 9.17) is 23.0 Å². The number of ether oxygens (including phenoxy) is 3. The molecular weight excluding hydrogens is 390 g/mol. The maximum atomic E-state index is 12.4. The molecule has 2 aromatic heterocycles. The van der Waals surface area contributed by atoms with Crippen LogP contribution in [0.3, 0.4) is 0 Å². The molecule has 0 unspecified atom stereocenters. The van der Waals surface area contributed by atoms with Crippen molar-refractivity contribution in [1.29, 1.82) is 0 Å². The number of benzene rings is 1. The second-order valence-corrected chi connectivity index (χ2v) is 6.29. The molecule has 0 fully saturated rings. The first-order valence-electron chi connectivity index (χ1n) is 9.75. The molecule has 0 radical (unpaired) electrons. The Labute approximate surface area is 174 Å². The molecule has 0 aliphatic carbocycles. The average molecular weight is 415 g/mol. The molecule has 0 saturated carbocycles. The van der Waals surface area contributed by atoms with Crippen molar-refractivity contribution in [1.82, 2.24) is 10.2 Å². The fourth-order valence-electron chi connectivity index (χ4n) is 2.92. The lowest BCUT2D eigenvalue weighted by Gasteiger charge is -2.16. The van der Waals surface area contributed by atoms with E-state index in [-0.39, 0.29) is 11.9 Å². The van der Waals surface area contributed by atoms with Gasteiger partial charge >= 0.3 is 6.01 Å². The Morgan fingerprint density at radius 2 is 1.57 bits per heavy atom. The molecule has 0 atom stereocenters. The van der Waals surface area contributed by atoms with E-state index in [0.29, 0.717) is 59.7 Å². The molecule has 0 saturated heterocycles. The second-order valence-electron chi connectivity index (χ2n) is 6.29. The van der Waals surface area contributed by atoms with Crippen molar-refractivity contribution in [2.45, 2.75) is 34.6 Å². The quantitative estimate of drug-likeness (QED) is 0.548. The van der Waals surface area contributed by atoms with Crippen molar-refractivity contribution in [2.75, 3.05) is 25.1 Å². The maximum Gasteiger partial charge on any atom is 0.322 e. The Hall–Kier alpha value is -3.49. The van der Waals surface area contributed by atoms with E-state index < -0.39 is 5.91 Å². The van der Waals surface area contributed by atoms with Gasteiger partial charge < -0.3 is 23.0 Å². The van der Waals surface area contributed by atoms with Crippen molar-refractivity contribution in [2.24, 2.45) is 0 Å². The van der Waals surface area contributed by atoms with Gasteiger partial charge in [0.25, 0.3) is 5.91 Å². The van der Waals surface area contributed by atoms with Crippen LogP contribution in [0, 0.1) is 13.8 Å². The highest BCUT2D eigenvalue weighted by Gasteiger charge is 2.20. The minimum Gasteiger partial charge on any atom is -0.490 e. The standard InChI is InChI=1S/C21H25N3O6/c1-6-26-16-10-14(11-17(27-7-2)18(16)28-8-3)20-23-24-21(30-20)22-19(25)15-9-12(4)29-13(15)5/h9-11H,6-8H2,1-5H3,(H,22,24,25). The maximum absolute atomic E-state index is 12.4. The highest BCUT2D eigenvalue weighted by atomic mass is 16.5. The lowest BCUT2D eigenvalue weighted by Crippen LogP contribution is -2.12. The summed E-state index contributed by atoms with van der Waals surface area (Å²) in [6.45, 7) is 10.5. The van der Waals surface area contributed by atoms with E-state index in [9.17, 15) is 4.79 Å². The zero-order valence-corrected chi connectivity index (χ0v) is 17.7. The molecule has 3 rings (SSSR count). The van der Waals surface area contributed by atoms with Crippen LogP contribution < -0.4 is 19.5 Å². The van der Waals surface area contributed by atoms with Crippen LogP contribution in [0.25, 0.3) is 11.5 Å². The molecule has 2 heterocycles. The SMILES string of the molecule is CCOc1cc(-c2nnc(NC(=O)c3cc(C)oc3C)o2)cc(OCC)c1OCC. The number of rotatable bonds is 9. The molecule has 0 aliphatic rings. The van der Waals surface area contributed by atoms with E-state index in [1.807, 2.05) is 20.8 Å². The molecule has 1 N–H and O–H groups in total. The normalized spacial score (nSPS) is 10.7. The zero-order chi connectivity index (χ0) is 21.7. The lowest BCUT2D eigenvalue weighted by atomic mass is 10.2. The number of nitrogens with zero attached hydrogens (tertiary/aromatic N) is 2. The molecule has 9 heteroatoms. The largest absolute Gasteiger partial charge is 0.490 e. The van der Waals surface area contributed by atoms with Crippen molar-refractivity contribution >= 4 is 11.9 Å². The van der Waals surface area contributed by atoms with Crippen LogP contribution in [0.4, 0.5) is 6.01 Å². The number of carbonyl (C=O) groups is 1. The van der Waals surface area contributed by atoms with Crippen molar-refractivity contribution in [3.63, 3.8) is 0 Å². The number of carbonyl (C=O) groups excluding carboxylic acids is 1. The minimum absolute atomic E-state index is 0.0296. The first-order valence-corrected chi connectivity index (χ1v) is 9.75. The van der Waals surface area contributed by atoms with Crippen LogP contribution in [0.2, 0.25) is 0 Å². The van der Waals surface area contributed by atoms with Gasteiger partial charge in [0.1, 0.15) is 11.5 Å². The molecule has 0 aliphatic heterocycles. The Balaban J connectivity index is 1.89. The number of hydrogen-bond acceptors (Lipinski definition) is 8. The summed E-state index contributed by atoms with van der Waals surface area (Å²) < 4.78 is 28.1. The fraction of sp³-hybridized carbons (Fsp3) is 0.381. The van der Waals surface area contributed by atoms with Gasteiger partial charge in [-0.15, -0.1) is 5.10 Å². The number of amides is 1. The van der Waals surface area contributed by atoms with Crippen molar-refractivity contribution < 1.29 is 27.8 Å². The Kier molecular flexibility index (Phi) is 6.61. The summed E-state index contributed by atoms with van der Waals surface area (Å²) in [6.07, 6.45) is 0. The number of furan rings is 1. The summed E-state index contributed by atoms with van der Waals surface area (Å²) in [7, 11) is 0. The second kappa shape index (κ2) is 9.34. The van der Waals surface area contributed by atoms with Gasteiger partial charge in [0.15, 0.2) is 11.5 Å². The van der Waals surface area contributed by atoms with Gasteiger partial charge in [-0.3, -0.25) is 10.1 Å². The third kappa shape index (κ3) is 4.56. The van der Waals surface area contributed by atoms with Crippen molar-refractivity contribution in [3.8, 4) is 28.7 Å².